The van der Waals surface area contributed by atoms with Crippen molar-refractivity contribution < 1.29 is 9.59 Å². The first-order valence-electron chi connectivity index (χ1n) is 9.84. The highest BCUT2D eigenvalue weighted by Gasteiger charge is 2.18. The molecule has 2 amide bonds. The van der Waals surface area contributed by atoms with Gasteiger partial charge in [-0.25, -0.2) is 0 Å². The molecule has 156 valence electrons. The van der Waals surface area contributed by atoms with Crippen LogP contribution in [0.3, 0.4) is 0 Å². The van der Waals surface area contributed by atoms with Crippen LogP contribution in [0.5, 0.6) is 0 Å². The second-order valence-electron chi connectivity index (χ2n) is 7.58. The SMILES string of the molecule is CSc1ccccc1NC(=O)CN(C)CC(=O)N[C@H](CC(C)C)c1ccccc1. The van der Waals surface area contributed by atoms with Crippen molar-refractivity contribution in [1.29, 1.82) is 0 Å². The first kappa shape index (κ1) is 23.0. The Morgan fingerprint density at radius 3 is 2.24 bits per heavy atom. The van der Waals surface area contributed by atoms with Crippen LogP contribution in [0, 0.1) is 5.92 Å². The van der Waals surface area contributed by atoms with Crippen LogP contribution in [0.4, 0.5) is 5.69 Å². The van der Waals surface area contributed by atoms with E-state index in [1.807, 2.05) is 60.9 Å². The molecule has 0 saturated carbocycles. The molecule has 0 saturated heterocycles. The van der Waals surface area contributed by atoms with Gasteiger partial charge in [0.05, 0.1) is 24.8 Å². The summed E-state index contributed by atoms with van der Waals surface area (Å²) < 4.78 is 0. The van der Waals surface area contributed by atoms with Crippen LogP contribution < -0.4 is 10.6 Å². The standard InChI is InChI=1S/C23H31N3O2S/c1-17(2)14-20(18-10-6-5-7-11-18)25-23(28)16-26(3)15-22(27)24-19-12-8-9-13-21(19)29-4/h5-13,17,20H,14-16H2,1-4H3,(H,24,27)(H,25,28)/t20-/m1/s1. The second-order valence-corrected chi connectivity index (χ2v) is 8.43. The fraction of sp³-hybridized carbons (Fsp3) is 0.391. The van der Waals surface area contributed by atoms with Crippen molar-refractivity contribution in [2.45, 2.75) is 31.2 Å². The van der Waals surface area contributed by atoms with Gasteiger partial charge in [-0.3, -0.25) is 14.5 Å². The lowest BCUT2D eigenvalue weighted by atomic mass is 9.97. The number of carbonyl (C=O) groups excluding carboxylic acids is 2. The third-order valence-electron chi connectivity index (χ3n) is 4.45. The van der Waals surface area contributed by atoms with E-state index in [9.17, 15) is 9.59 Å². The molecule has 2 aromatic rings. The molecule has 1 atom stereocenters. The average Bonchev–Trinajstić information content (AvgIpc) is 2.68. The number of rotatable bonds is 10. The quantitative estimate of drug-likeness (QED) is 0.574. The van der Waals surface area contributed by atoms with Crippen molar-refractivity contribution in [1.82, 2.24) is 10.2 Å². The lowest BCUT2D eigenvalue weighted by Gasteiger charge is -2.23. The van der Waals surface area contributed by atoms with Crippen LogP contribution in [0.1, 0.15) is 31.9 Å². The van der Waals surface area contributed by atoms with E-state index in [1.54, 1.807) is 23.7 Å². The van der Waals surface area contributed by atoms with E-state index in [4.69, 9.17) is 0 Å². The molecular formula is C23H31N3O2S. The summed E-state index contributed by atoms with van der Waals surface area (Å²) in [7, 11) is 1.78. The Bertz CT molecular complexity index is 796. The van der Waals surface area contributed by atoms with Gasteiger partial charge in [0.1, 0.15) is 0 Å². The zero-order valence-electron chi connectivity index (χ0n) is 17.6. The Balaban J connectivity index is 1.89. The van der Waals surface area contributed by atoms with Gasteiger partial charge in [0.25, 0.3) is 0 Å². The molecular weight excluding hydrogens is 382 g/mol. The summed E-state index contributed by atoms with van der Waals surface area (Å²) in [5.41, 5.74) is 1.90. The lowest BCUT2D eigenvalue weighted by molar-refractivity contribution is -0.123. The molecule has 29 heavy (non-hydrogen) atoms. The second kappa shape index (κ2) is 11.6. The molecule has 0 aliphatic carbocycles. The van der Waals surface area contributed by atoms with Gasteiger partial charge in [0.2, 0.25) is 11.8 Å². The van der Waals surface area contributed by atoms with Gasteiger partial charge in [-0.15, -0.1) is 11.8 Å². The van der Waals surface area contributed by atoms with Gasteiger partial charge in [-0.2, -0.15) is 0 Å². The minimum absolute atomic E-state index is 0.0283. The number of hydrogen-bond acceptors (Lipinski definition) is 4. The number of hydrogen-bond donors (Lipinski definition) is 2. The Morgan fingerprint density at radius 1 is 0.966 bits per heavy atom. The molecule has 2 N–H and O–H groups in total. The first-order valence-corrected chi connectivity index (χ1v) is 11.1. The number of anilines is 1. The molecule has 2 rings (SSSR count). The Kier molecular flexibility index (Phi) is 9.22. The van der Waals surface area contributed by atoms with Crippen LogP contribution >= 0.6 is 11.8 Å². The highest BCUT2D eigenvalue weighted by molar-refractivity contribution is 7.98. The predicted molar refractivity (Wildman–Crippen MR) is 121 cm³/mol. The summed E-state index contributed by atoms with van der Waals surface area (Å²) in [6, 6.07) is 17.7. The van der Waals surface area contributed by atoms with Crippen molar-refractivity contribution in [3.8, 4) is 0 Å². The molecule has 5 nitrogen and oxygen atoms in total. The third-order valence-corrected chi connectivity index (χ3v) is 5.25. The fourth-order valence-corrected chi connectivity index (χ4v) is 3.71. The minimum Gasteiger partial charge on any atom is -0.348 e. The van der Waals surface area contributed by atoms with E-state index in [0.717, 1.165) is 22.6 Å². The van der Waals surface area contributed by atoms with E-state index in [0.29, 0.717) is 5.92 Å². The number of benzene rings is 2. The maximum atomic E-state index is 12.6. The van der Waals surface area contributed by atoms with Gasteiger partial charge in [0, 0.05) is 4.90 Å². The molecule has 0 unspecified atom stereocenters. The third kappa shape index (κ3) is 7.91. The molecule has 0 aliphatic heterocycles. The van der Waals surface area contributed by atoms with Crippen LogP contribution in [-0.4, -0.2) is 43.1 Å². The van der Waals surface area contributed by atoms with Crippen molar-refractivity contribution >= 4 is 29.3 Å². The van der Waals surface area contributed by atoms with Gasteiger partial charge in [0.15, 0.2) is 0 Å². The van der Waals surface area contributed by atoms with Crippen molar-refractivity contribution in [3.63, 3.8) is 0 Å². The maximum absolute atomic E-state index is 12.6. The summed E-state index contributed by atoms with van der Waals surface area (Å²) >= 11 is 1.58. The molecule has 0 radical (unpaired) electrons. The smallest absolute Gasteiger partial charge is 0.238 e. The molecule has 0 heterocycles. The Hall–Kier alpha value is -2.31. The van der Waals surface area contributed by atoms with E-state index < -0.39 is 0 Å². The molecule has 0 bridgehead atoms. The highest BCUT2D eigenvalue weighted by Crippen LogP contribution is 2.24. The van der Waals surface area contributed by atoms with Crippen LogP contribution in [0.25, 0.3) is 0 Å². The van der Waals surface area contributed by atoms with Gasteiger partial charge < -0.3 is 10.6 Å². The number of amides is 2. The van der Waals surface area contributed by atoms with Crippen molar-refractivity contribution in [3.05, 3.63) is 60.2 Å². The number of nitrogens with zero attached hydrogens (tertiary/aromatic N) is 1. The Labute approximate surface area is 178 Å². The predicted octanol–water partition coefficient (Wildman–Crippen LogP) is 4.18. The van der Waals surface area contributed by atoms with Gasteiger partial charge in [-0.05, 0) is 43.3 Å². The molecule has 0 spiro atoms. The van der Waals surface area contributed by atoms with Crippen LogP contribution in [0.2, 0.25) is 0 Å². The zero-order chi connectivity index (χ0) is 21.2. The van der Waals surface area contributed by atoms with Gasteiger partial charge >= 0.3 is 0 Å². The monoisotopic (exact) mass is 413 g/mol. The number of thioether (sulfide) groups is 1. The number of para-hydroxylation sites is 1. The van der Waals surface area contributed by atoms with Crippen LogP contribution in [0.15, 0.2) is 59.5 Å². The lowest BCUT2D eigenvalue weighted by Crippen LogP contribution is -2.40. The Morgan fingerprint density at radius 2 is 1.59 bits per heavy atom. The van der Waals surface area contributed by atoms with Gasteiger partial charge in [-0.1, -0.05) is 56.3 Å². The average molecular weight is 414 g/mol. The minimum atomic E-state index is -0.136. The van der Waals surface area contributed by atoms with Crippen molar-refractivity contribution in [2.24, 2.45) is 5.92 Å². The summed E-state index contributed by atoms with van der Waals surface area (Å²) in [6.07, 6.45) is 2.84. The molecule has 2 aromatic carbocycles. The van der Waals surface area contributed by atoms with E-state index >= 15 is 0 Å². The first-order chi connectivity index (χ1) is 13.9. The summed E-state index contributed by atoms with van der Waals surface area (Å²) in [4.78, 5) is 27.7. The maximum Gasteiger partial charge on any atom is 0.238 e. The fourth-order valence-electron chi connectivity index (χ4n) is 3.16. The largest absolute Gasteiger partial charge is 0.348 e. The summed E-state index contributed by atoms with van der Waals surface area (Å²) in [6.45, 7) is 4.60. The number of likely N-dealkylation sites (N-methyl/N-ethyl adjacent to an activating group) is 1. The molecule has 6 heteroatoms. The topological polar surface area (TPSA) is 61.4 Å². The summed E-state index contributed by atoms with van der Waals surface area (Å²) in [5, 5.41) is 6.05. The highest BCUT2D eigenvalue weighted by atomic mass is 32.2. The normalized spacial score (nSPS) is 12.1. The zero-order valence-corrected chi connectivity index (χ0v) is 18.5. The van der Waals surface area contributed by atoms with E-state index in [1.165, 1.54) is 0 Å². The van der Waals surface area contributed by atoms with E-state index in [-0.39, 0.29) is 30.9 Å². The van der Waals surface area contributed by atoms with Crippen molar-refractivity contribution in [2.75, 3.05) is 31.7 Å². The molecule has 0 aromatic heterocycles. The number of carbonyl (C=O) groups is 2. The molecule has 0 fully saturated rings. The molecule has 0 aliphatic rings. The van der Waals surface area contributed by atoms with Crippen LogP contribution in [-0.2, 0) is 9.59 Å². The summed E-state index contributed by atoms with van der Waals surface area (Å²) in [5.74, 6) is 0.239. The van der Waals surface area contributed by atoms with E-state index in [2.05, 4.69) is 24.5 Å². The number of nitrogens with one attached hydrogen (secondary N) is 2.